The monoisotopic (exact) mass is 1160 g/mol. The Morgan fingerprint density at radius 3 is 0.771 bits per heavy atom. The van der Waals surface area contributed by atoms with Gasteiger partial charge >= 0.3 is 17.9 Å². The van der Waals surface area contributed by atoms with E-state index in [1.807, 2.05) is 0 Å². The number of hydrogen-bond acceptors (Lipinski definition) is 6. The van der Waals surface area contributed by atoms with E-state index in [2.05, 4.69) is 106 Å². The maximum Gasteiger partial charge on any atom is 0.306 e. The zero-order valence-corrected chi connectivity index (χ0v) is 55.2. The van der Waals surface area contributed by atoms with Crippen LogP contribution in [-0.4, -0.2) is 37.2 Å². The molecule has 6 nitrogen and oxygen atoms in total. The van der Waals surface area contributed by atoms with Crippen molar-refractivity contribution < 1.29 is 28.6 Å². The Morgan fingerprint density at radius 2 is 0.470 bits per heavy atom. The third kappa shape index (κ3) is 69.3. The maximum absolute atomic E-state index is 12.9. The van der Waals surface area contributed by atoms with Gasteiger partial charge in [-0.1, -0.05) is 318 Å². The van der Waals surface area contributed by atoms with Crippen LogP contribution in [0.25, 0.3) is 0 Å². The Balaban J connectivity index is 4.11. The lowest BCUT2D eigenvalue weighted by Gasteiger charge is -2.18. The number of esters is 3. The summed E-state index contributed by atoms with van der Waals surface area (Å²) in [5, 5.41) is 0. The molecule has 0 aromatic rings. The summed E-state index contributed by atoms with van der Waals surface area (Å²) in [6.45, 7) is 6.50. The highest BCUT2D eigenvalue weighted by atomic mass is 16.6. The van der Waals surface area contributed by atoms with E-state index >= 15 is 0 Å². The molecular formula is C77H136O6. The summed E-state index contributed by atoms with van der Waals surface area (Å²) in [5.74, 6) is -0.908. The number of carbonyl (C=O) groups excluding carboxylic acids is 3. The van der Waals surface area contributed by atoms with E-state index in [4.69, 9.17) is 14.2 Å². The molecule has 0 aromatic carbocycles. The first-order chi connectivity index (χ1) is 41.0. The van der Waals surface area contributed by atoms with E-state index in [1.54, 1.807) is 0 Å². The Bertz CT molecular complexity index is 1570. The van der Waals surface area contributed by atoms with E-state index in [-0.39, 0.29) is 31.1 Å². The number of unbranched alkanes of at least 4 members (excludes halogenated alkanes) is 41. The first kappa shape index (κ1) is 79.6. The van der Waals surface area contributed by atoms with Crippen LogP contribution in [0.5, 0.6) is 0 Å². The summed E-state index contributed by atoms with van der Waals surface area (Å²) in [6.07, 6.45) is 95.0. The quantitative estimate of drug-likeness (QED) is 0.0261. The molecule has 0 amide bonds. The lowest BCUT2D eigenvalue weighted by Crippen LogP contribution is -2.30. The van der Waals surface area contributed by atoms with Crippen LogP contribution in [0.3, 0.4) is 0 Å². The van der Waals surface area contributed by atoms with E-state index < -0.39 is 6.10 Å². The van der Waals surface area contributed by atoms with Gasteiger partial charge in [-0.3, -0.25) is 14.4 Å². The van der Waals surface area contributed by atoms with Crippen molar-refractivity contribution >= 4 is 17.9 Å². The number of carbonyl (C=O) groups is 3. The average molecular weight is 1160 g/mol. The van der Waals surface area contributed by atoms with Crippen LogP contribution in [0, 0.1) is 0 Å². The lowest BCUT2D eigenvalue weighted by atomic mass is 10.0. The Kier molecular flexibility index (Phi) is 68.2. The van der Waals surface area contributed by atoms with Gasteiger partial charge in [-0.25, -0.2) is 0 Å². The molecule has 0 bridgehead atoms. The first-order valence-corrected chi connectivity index (χ1v) is 36.1. The fourth-order valence-corrected chi connectivity index (χ4v) is 10.5. The van der Waals surface area contributed by atoms with Gasteiger partial charge in [-0.15, -0.1) is 0 Å². The molecule has 480 valence electrons. The minimum atomic E-state index is -0.793. The molecule has 0 rings (SSSR count). The van der Waals surface area contributed by atoms with E-state index in [0.717, 1.165) is 103 Å². The van der Waals surface area contributed by atoms with Crippen molar-refractivity contribution in [2.24, 2.45) is 0 Å². The molecule has 0 saturated carbocycles. The van der Waals surface area contributed by atoms with Gasteiger partial charge in [0.05, 0.1) is 0 Å². The van der Waals surface area contributed by atoms with Crippen molar-refractivity contribution in [1.82, 2.24) is 0 Å². The molecule has 0 fully saturated rings. The average Bonchev–Trinajstić information content (AvgIpc) is 3.49. The van der Waals surface area contributed by atoms with Crippen LogP contribution in [0.2, 0.25) is 0 Å². The minimum Gasteiger partial charge on any atom is -0.462 e. The third-order valence-corrected chi connectivity index (χ3v) is 15.9. The van der Waals surface area contributed by atoms with Gasteiger partial charge in [0.2, 0.25) is 0 Å². The lowest BCUT2D eigenvalue weighted by molar-refractivity contribution is -0.167. The smallest absolute Gasteiger partial charge is 0.306 e. The number of rotatable bonds is 66. The molecule has 0 radical (unpaired) electrons. The number of hydrogen-bond donors (Lipinski definition) is 0. The fourth-order valence-electron chi connectivity index (χ4n) is 10.5. The SMILES string of the molecule is CC/C=C\C/C=C\C/C=C\CCCCCC(=O)OCC(COC(=O)CCCCCCCCCCCCCCCCCCCCCCCCC/C=C\C/C=C\CCCCCCC)OC(=O)CCCCCCCCC/C=C\C/C=C\CCCCC. The van der Waals surface area contributed by atoms with Gasteiger partial charge in [0, 0.05) is 19.3 Å². The summed E-state index contributed by atoms with van der Waals surface area (Å²) in [6, 6.07) is 0. The highest BCUT2D eigenvalue weighted by Crippen LogP contribution is 2.18. The minimum absolute atomic E-state index is 0.0860. The summed E-state index contributed by atoms with van der Waals surface area (Å²) in [5.41, 5.74) is 0. The van der Waals surface area contributed by atoms with E-state index in [1.165, 1.54) is 225 Å². The summed E-state index contributed by atoms with van der Waals surface area (Å²) < 4.78 is 16.9. The molecule has 83 heavy (non-hydrogen) atoms. The molecule has 0 aliphatic rings. The molecule has 0 saturated heterocycles. The van der Waals surface area contributed by atoms with Crippen LogP contribution < -0.4 is 0 Å². The predicted octanol–water partition coefficient (Wildman–Crippen LogP) is 25.0. The van der Waals surface area contributed by atoms with Crippen molar-refractivity contribution in [3.63, 3.8) is 0 Å². The second-order valence-electron chi connectivity index (χ2n) is 24.1. The third-order valence-electron chi connectivity index (χ3n) is 15.9. The highest BCUT2D eigenvalue weighted by molar-refractivity contribution is 5.71. The number of ether oxygens (including phenoxy) is 3. The topological polar surface area (TPSA) is 78.9 Å². The zero-order valence-electron chi connectivity index (χ0n) is 55.2. The molecule has 6 heteroatoms. The predicted molar refractivity (Wildman–Crippen MR) is 362 cm³/mol. The summed E-state index contributed by atoms with van der Waals surface area (Å²) in [7, 11) is 0. The number of allylic oxidation sites excluding steroid dienone is 14. The Hall–Kier alpha value is -3.41. The van der Waals surface area contributed by atoms with Crippen molar-refractivity contribution in [1.29, 1.82) is 0 Å². The van der Waals surface area contributed by atoms with Crippen molar-refractivity contribution in [2.75, 3.05) is 13.2 Å². The van der Waals surface area contributed by atoms with Gasteiger partial charge in [0.25, 0.3) is 0 Å². The van der Waals surface area contributed by atoms with Crippen LogP contribution in [0.15, 0.2) is 85.1 Å². The highest BCUT2D eigenvalue weighted by Gasteiger charge is 2.19. The van der Waals surface area contributed by atoms with Gasteiger partial charge < -0.3 is 14.2 Å². The maximum atomic E-state index is 12.9. The van der Waals surface area contributed by atoms with Crippen molar-refractivity contribution in [3.05, 3.63) is 85.1 Å². The molecule has 1 unspecified atom stereocenters. The van der Waals surface area contributed by atoms with Gasteiger partial charge in [0.15, 0.2) is 6.10 Å². The molecule has 0 heterocycles. The van der Waals surface area contributed by atoms with Gasteiger partial charge in [-0.05, 0) is 116 Å². The zero-order chi connectivity index (χ0) is 59.9. The standard InChI is InChI=1S/C77H136O6/c1-4-7-10-13-16-19-22-25-27-29-30-31-32-33-34-35-36-37-38-39-40-41-42-43-44-45-46-48-49-52-55-58-61-64-67-70-76(79)82-73-74(72-81-75(78)69-66-63-60-57-54-51-24-21-18-15-12-9-6-3)83-77(80)71-68-65-62-59-56-53-50-47-28-26-23-20-17-14-11-8-5-2/h9,12,17-18,20-22,25-26,28-30,51,54,74H,4-8,10-11,13-16,19,23-24,27,31-50,52-53,55-73H2,1-3H3/b12-9-,20-17-,21-18-,25-22-,28-26-,30-29-,54-51-. The second-order valence-corrected chi connectivity index (χ2v) is 24.1. The van der Waals surface area contributed by atoms with Gasteiger partial charge in [-0.2, -0.15) is 0 Å². The normalized spacial score (nSPS) is 12.6. The Morgan fingerprint density at radius 1 is 0.253 bits per heavy atom. The van der Waals surface area contributed by atoms with E-state index in [9.17, 15) is 14.4 Å². The largest absolute Gasteiger partial charge is 0.462 e. The molecule has 0 aromatic heterocycles. The molecule has 1 atom stereocenters. The summed E-state index contributed by atoms with van der Waals surface area (Å²) in [4.78, 5) is 38.3. The fraction of sp³-hybridized carbons (Fsp3) is 0.779. The molecular weight excluding hydrogens is 1020 g/mol. The van der Waals surface area contributed by atoms with Gasteiger partial charge in [0.1, 0.15) is 13.2 Å². The second kappa shape index (κ2) is 71.1. The van der Waals surface area contributed by atoms with Crippen LogP contribution in [0.1, 0.15) is 367 Å². The van der Waals surface area contributed by atoms with Crippen LogP contribution >= 0.6 is 0 Å². The molecule has 0 N–H and O–H groups in total. The molecule has 0 aliphatic carbocycles. The Labute approximate surface area is 515 Å². The molecule has 0 spiro atoms. The van der Waals surface area contributed by atoms with Crippen molar-refractivity contribution in [3.8, 4) is 0 Å². The summed E-state index contributed by atoms with van der Waals surface area (Å²) >= 11 is 0. The molecule has 0 aliphatic heterocycles. The first-order valence-electron chi connectivity index (χ1n) is 36.1. The van der Waals surface area contributed by atoms with Crippen LogP contribution in [-0.2, 0) is 28.6 Å². The van der Waals surface area contributed by atoms with Crippen molar-refractivity contribution in [2.45, 2.75) is 374 Å². The van der Waals surface area contributed by atoms with Crippen LogP contribution in [0.4, 0.5) is 0 Å². The van der Waals surface area contributed by atoms with E-state index in [0.29, 0.717) is 19.3 Å².